The Morgan fingerprint density at radius 3 is 2.02 bits per heavy atom. The highest BCUT2D eigenvalue weighted by molar-refractivity contribution is 6.30. The largest absolute Gasteiger partial charge is 0.481 e. The summed E-state index contributed by atoms with van der Waals surface area (Å²) in [6.45, 7) is 2.15. The SMILES string of the molecule is CCCCCCCC(=O)CCCCCC/C=C/[C@H](C(=O)N[C@@H](Cc1ccc(-c2cccc(Cl)c2)cc1)C(=O)O)[C@@](O)(CC(=O)O)C(=O)O. The summed E-state index contributed by atoms with van der Waals surface area (Å²) in [7, 11) is 0. The van der Waals surface area contributed by atoms with Crippen molar-refractivity contribution in [2.45, 2.75) is 108 Å². The Balaban J connectivity index is 2.03. The second-order valence-electron chi connectivity index (χ2n) is 12.2. The van der Waals surface area contributed by atoms with Crippen LogP contribution in [0.3, 0.4) is 0 Å². The molecule has 5 N–H and O–H groups in total. The minimum absolute atomic E-state index is 0.154. The summed E-state index contributed by atoms with van der Waals surface area (Å²) < 4.78 is 0. The zero-order chi connectivity index (χ0) is 35.5. The number of carboxylic acid groups (broad SMARTS) is 3. The van der Waals surface area contributed by atoms with Gasteiger partial charge in [0.15, 0.2) is 5.60 Å². The molecule has 48 heavy (non-hydrogen) atoms. The number of aliphatic hydroxyl groups is 1. The number of unbranched alkanes of at least 4 members (excludes halogenated alkanes) is 8. The molecule has 10 nitrogen and oxygen atoms in total. The standard InChI is InChI=1S/C37H48ClNO9/c1-2-3-4-7-10-16-30(40)17-11-8-5-6-9-12-18-31(37(48,36(46)47)25-33(41)42)34(43)39-32(35(44)45)23-26-19-21-27(22-20-26)28-14-13-15-29(38)24-28/h12-15,18-22,24,31-32,48H,2-11,16-17,23,25H2,1H3,(H,39,43)(H,41,42)(H,44,45)(H,46,47)/b18-12+/t31-,32+,37+/m1/s1. The fraction of sp³-hybridized carbons (Fsp3) is 0.486. The molecule has 0 aromatic heterocycles. The highest BCUT2D eigenvalue weighted by Gasteiger charge is 2.49. The maximum absolute atomic E-state index is 13.4. The molecule has 0 radical (unpaired) electrons. The van der Waals surface area contributed by atoms with Crippen molar-refractivity contribution < 1.29 is 44.4 Å². The van der Waals surface area contributed by atoms with Crippen molar-refractivity contribution in [2.75, 3.05) is 0 Å². The van der Waals surface area contributed by atoms with Gasteiger partial charge < -0.3 is 25.7 Å². The summed E-state index contributed by atoms with van der Waals surface area (Å²) in [5, 5.41) is 42.8. The van der Waals surface area contributed by atoms with Gasteiger partial charge in [-0.2, -0.15) is 0 Å². The monoisotopic (exact) mass is 685 g/mol. The Kier molecular flexibility index (Phi) is 17.6. The van der Waals surface area contributed by atoms with Gasteiger partial charge in [0.1, 0.15) is 11.8 Å². The second kappa shape index (κ2) is 21.1. The quantitative estimate of drug-likeness (QED) is 0.0584. The topological polar surface area (TPSA) is 178 Å². The molecule has 3 atom stereocenters. The van der Waals surface area contributed by atoms with Crippen LogP contribution in [-0.4, -0.2) is 61.7 Å². The van der Waals surface area contributed by atoms with E-state index < -0.39 is 47.8 Å². The van der Waals surface area contributed by atoms with Gasteiger partial charge in [0.25, 0.3) is 0 Å². The molecule has 0 unspecified atom stereocenters. The van der Waals surface area contributed by atoms with Crippen LogP contribution in [0.5, 0.6) is 0 Å². The van der Waals surface area contributed by atoms with Crippen molar-refractivity contribution in [3.63, 3.8) is 0 Å². The van der Waals surface area contributed by atoms with Crippen LogP contribution in [0.1, 0.15) is 96.0 Å². The number of hydrogen-bond donors (Lipinski definition) is 5. The first kappa shape index (κ1) is 40.2. The molecule has 2 aromatic rings. The summed E-state index contributed by atoms with van der Waals surface area (Å²) in [5.74, 6) is -7.70. The molecule has 11 heteroatoms. The average Bonchev–Trinajstić information content (AvgIpc) is 3.03. The van der Waals surface area contributed by atoms with Crippen LogP contribution in [0.2, 0.25) is 5.02 Å². The fourth-order valence-electron chi connectivity index (χ4n) is 5.43. The molecule has 0 fully saturated rings. The van der Waals surface area contributed by atoms with Crippen LogP contribution in [0.15, 0.2) is 60.7 Å². The maximum Gasteiger partial charge on any atom is 0.337 e. The zero-order valence-electron chi connectivity index (χ0n) is 27.5. The van der Waals surface area contributed by atoms with Crippen molar-refractivity contribution in [1.82, 2.24) is 5.32 Å². The molecule has 0 aliphatic rings. The third kappa shape index (κ3) is 14.0. The lowest BCUT2D eigenvalue weighted by molar-refractivity contribution is -0.172. The number of carbonyl (C=O) groups is 5. The lowest BCUT2D eigenvalue weighted by atomic mass is 9.82. The summed E-state index contributed by atoms with van der Waals surface area (Å²) in [6.07, 6.45) is 11.3. The number of hydrogen-bond acceptors (Lipinski definition) is 6. The number of rotatable bonds is 24. The summed E-state index contributed by atoms with van der Waals surface area (Å²) in [5.41, 5.74) is -0.764. The predicted octanol–water partition coefficient (Wildman–Crippen LogP) is 6.85. The number of halogens is 1. The van der Waals surface area contributed by atoms with Gasteiger partial charge in [0, 0.05) is 24.3 Å². The van der Waals surface area contributed by atoms with Gasteiger partial charge in [-0.25, -0.2) is 9.59 Å². The van der Waals surface area contributed by atoms with E-state index in [0.29, 0.717) is 36.3 Å². The van der Waals surface area contributed by atoms with Crippen LogP contribution in [0.25, 0.3) is 11.1 Å². The van der Waals surface area contributed by atoms with Crippen LogP contribution < -0.4 is 5.32 Å². The second-order valence-corrected chi connectivity index (χ2v) is 12.6. The fourth-order valence-corrected chi connectivity index (χ4v) is 5.62. The third-order valence-electron chi connectivity index (χ3n) is 8.22. The van der Waals surface area contributed by atoms with Gasteiger partial charge in [-0.05, 0) is 54.5 Å². The number of carbonyl (C=O) groups excluding carboxylic acids is 2. The molecular formula is C37H48ClNO9. The van der Waals surface area contributed by atoms with E-state index in [1.807, 2.05) is 6.07 Å². The number of aliphatic carboxylic acids is 3. The average molecular weight is 686 g/mol. The van der Waals surface area contributed by atoms with Gasteiger partial charge in [0.05, 0.1) is 12.3 Å². The van der Waals surface area contributed by atoms with Gasteiger partial charge in [-0.1, -0.05) is 106 Å². The molecule has 262 valence electrons. The zero-order valence-corrected chi connectivity index (χ0v) is 28.3. The summed E-state index contributed by atoms with van der Waals surface area (Å²) in [6, 6.07) is 12.6. The van der Waals surface area contributed by atoms with E-state index in [1.54, 1.807) is 42.5 Å². The van der Waals surface area contributed by atoms with Crippen molar-refractivity contribution in [3.05, 3.63) is 71.3 Å². The van der Waals surface area contributed by atoms with Gasteiger partial charge in [0.2, 0.25) is 5.91 Å². The first-order valence-electron chi connectivity index (χ1n) is 16.6. The van der Waals surface area contributed by atoms with E-state index in [0.717, 1.165) is 62.1 Å². The first-order valence-corrected chi connectivity index (χ1v) is 17.0. The lowest BCUT2D eigenvalue weighted by Gasteiger charge is -2.29. The Morgan fingerprint density at radius 2 is 1.46 bits per heavy atom. The van der Waals surface area contributed by atoms with Gasteiger partial charge >= 0.3 is 17.9 Å². The van der Waals surface area contributed by atoms with Gasteiger partial charge in [-0.15, -0.1) is 0 Å². The Morgan fingerprint density at radius 1 is 0.833 bits per heavy atom. The molecule has 0 aliphatic carbocycles. The number of ketones is 1. The maximum atomic E-state index is 13.4. The number of nitrogens with one attached hydrogen (secondary N) is 1. The Bertz CT molecular complexity index is 1390. The molecule has 1 amide bonds. The summed E-state index contributed by atoms with van der Waals surface area (Å²) in [4.78, 5) is 61.1. The number of carboxylic acids is 3. The number of allylic oxidation sites excluding steroid dienone is 1. The van der Waals surface area contributed by atoms with Crippen LogP contribution in [-0.2, 0) is 30.4 Å². The molecular weight excluding hydrogens is 638 g/mol. The molecule has 2 aromatic carbocycles. The molecule has 2 rings (SSSR count). The molecule has 0 bridgehead atoms. The van der Waals surface area contributed by atoms with Crippen molar-refractivity contribution in [3.8, 4) is 11.1 Å². The Labute approximate surface area is 287 Å². The molecule has 0 saturated heterocycles. The van der Waals surface area contributed by atoms with E-state index >= 15 is 0 Å². The highest BCUT2D eigenvalue weighted by atomic mass is 35.5. The van der Waals surface area contributed by atoms with Crippen LogP contribution in [0.4, 0.5) is 0 Å². The van der Waals surface area contributed by atoms with E-state index in [2.05, 4.69) is 12.2 Å². The van der Waals surface area contributed by atoms with Crippen LogP contribution in [0, 0.1) is 5.92 Å². The molecule has 0 saturated carbocycles. The van der Waals surface area contributed by atoms with Crippen LogP contribution >= 0.6 is 11.6 Å². The molecule has 0 aliphatic heterocycles. The van der Waals surface area contributed by atoms with Gasteiger partial charge in [-0.3, -0.25) is 14.4 Å². The van der Waals surface area contributed by atoms with E-state index in [4.69, 9.17) is 11.6 Å². The van der Waals surface area contributed by atoms with E-state index in [9.17, 15) is 44.4 Å². The van der Waals surface area contributed by atoms with E-state index in [-0.39, 0.29) is 12.2 Å². The van der Waals surface area contributed by atoms with Crippen molar-refractivity contribution in [2.24, 2.45) is 5.92 Å². The third-order valence-corrected chi connectivity index (χ3v) is 8.45. The molecule has 0 spiro atoms. The minimum Gasteiger partial charge on any atom is -0.481 e. The Hall–Kier alpha value is -4.02. The molecule has 0 heterocycles. The smallest absolute Gasteiger partial charge is 0.337 e. The van der Waals surface area contributed by atoms with Crippen molar-refractivity contribution >= 4 is 41.2 Å². The lowest BCUT2D eigenvalue weighted by Crippen LogP contribution is -2.55. The number of amides is 1. The first-order chi connectivity index (χ1) is 22.9. The minimum atomic E-state index is -3.02. The predicted molar refractivity (Wildman–Crippen MR) is 184 cm³/mol. The summed E-state index contributed by atoms with van der Waals surface area (Å²) >= 11 is 6.07. The number of Topliss-reactive ketones (excluding diaryl/α,β-unsaturated/α-hetero) is 1. The highest BCUT2D eigenvalue weighted by Crippen LogP contribution is 2.26. The number of benzene rings is 2. The van der Waals surface area contributed by atoms with Crippen molar-refractivity contribution in [1.29, 1.82) is 0 Å². The normalized spacial score (nSPS) is 13.8. The van der Waals surface area contributed by atoms with E-state index in [1.165, 1.54) is 12.5 Å².